The smallest absolute Gasteiger partial charge is 0.231 e. The largest absolute Gasteiger partial charge is 0.454 e. The number of benzene rings is 1. The molecule has 0 saturated heterocycles. The molecule has 1 aliphatic heterocycles. The van der Waals surface area contributed by atoms with E-state index in [1.165, 1.54) is 10.6 Å². The molecule has 0 aromatic heterocycles. The minimum absolute atomic E-state index is 0.0868. The van der Waals surface area contributed by atoms with Gasteiger partial charge in [-0.2, -0.15) is 0 Å². The first-order valence-electron chi connectivity index (χ1n) is 8.05. The summed E-state index contributed by atoms with van der Waals surface area (Å²) in [6, 6.07) is 5.13. The molecule has 1 heterocycles. The van der Waals surface area contributed by atoms with Gasteiger partial charge in [0.2, 0.25) is 22.7 Å². The Kier molecular flexibility index (Phi) is 6.63. The number of sulfonamides is 1. The number of rotatable bonds is 9. The quantitative estimate of drug-likeness (QED) is 0.696. The summed E-state index contributed by atoms with van der Waals surface area (Å²) in [6.07, 6.45) is 1.96. The van der Waals surface area contributed by atoms with Gasteiger partial charge in [-0.05, 0) is 39.2 Å². The van der Waals surface area contributed by atoms with Gasteiger partial charge in [-0.3, -0.25) is 4.79 Å². The van der Waals surface area contributed by atoms with Crippen molar-refractivity contribution in [2.45, 2.75) is 12.8 Å². The second-order valence-corrected chi connectivity index (χ2v) is 8.17. The van der Waals surface area contributed by atoms with Crippen LogP contribution < -0.4 is 14.8 Å². The lowest BCUT2D eigenvalue weighted by Crippen LogP contribution is -2.35. The summed E-state index contributed by atoms with van der Waals surface area (Å²) in [5, 5.41) is 2.75. The number of carbonyl (C=O) groups excluding carboxylic acids is 1. The minimum Gasteiger partial charge on any atom is -0.454 e. The fourth-order valence-corrected chi connectivity index (χ4v) is 3.31. The van der Waals surface area contributed by atoms with E-state index in [9.17, 15) is 13.2 Å². The standard InChI is InChI=1S/C16H25N3O5S/c1-18(2)8-4-9-19(25(3,21)22)10-7-16(20)17-13-5-6-14-15(11-13)24-12-23-14/h5-6,11H,4,7-10,12H2,1-3H3,(H,17,20). The van der Waals surface area contributed by atoms with Crippen molar-refractivity contribution >= 4 is 21.6 Å². The van der Waals surface area contributed by atoms with Gasteiger partial charge in [-0.1, -0.05) is 0 Å². The summed E-state index contributed by atoms with van der Waals surface area (Å²) < 4.78 is 35.5. The van der Waals surface area contributed by atoms with Gasteiger partial charge in [0, 0.05) is 31.3 Å². The number of nitrogens with zero attached hydrogens (tertiary/aromatic N) is 2. The molecule has 8 nitrogen and oxygen atoms in total. The van der Waals surface area contributed by atoms with Crippen LogP contribution in [0.3, 0.4) is 0 Å². The molecule has 0 radical (unpaired) electrons. The number of carbonyl (C=O) groups is 1. The van der Waals surface area contributed by atoms with Crippen molar-refractivity contribution in [1.29, 1.82) is 0 Å². The molecule has 0 fully saturated rings. The van der Waals surface area contributed by atoms with Gasteiger partial charge in [-0.25, -0.2) is 12.7 Å². The van der Waals surface area contributed by atoms with Crippen molar-refractivity contribution in [1.82, 2.24) is 9.21 Å². The molecule has 0 spiro atoms. The van der Waals surface area contributed by atoms with Crippen LogP contribution >= 0.6 is 0 Å². The van der Waals surface area contributed by atoms with Crippen LogP contribution in [-0.4, -0.2) is 70.3 Å². The second-order valence-electron chi connectivity index (χ2n) is 6.19. The molecule has 1 aromatic carbocycles. The van der Waals surface area contributed by atoms with Crippen molar-refractivity contribution in [3.8, 4) is 11.5 Å². The number of fused-ring (bicyclic) bond motifs is 1. The van der Waals surface area contributed by atoms with E-state index in [1.54, 1.807) is 18.2 Å². The topological polar surface area (TPSA) is 88.2 Å². The third kappa shape index (κ3) is 6.18. The first-order chi connectivity index (χ1) is 11.8. The van der Waals surface area contributed by atoms with Crippen LogP contribution in [0.2, 0.25) is 0 Å². The first-order valence-corrected chi connectivity index (χ1v) is 9.90. The predicted molar refractivity (Wildman–Crippen MR) is 95.4 cm³/mol. The van der Waals surface area contributed by atoms with E-state index in [2.05, 4.69) is 5.32 Å². The Hall–Kier alpha value is -1.84. The van der Waals surface area contributed by atoms with Gasteiger partial charge in [0.1, 0.15) is 0 Å². The maximum atomic E-state index is 12.1. The Morgan fingerprint density at radius 2 is 1.88 bits per heavy atom. The van der Waals surface area contributed by atoms with Crippen LogP contribution in [0.25, 0.3) is 0 Å². The third-order valence-electron chi connectivity index (χ3n) is 3.73. The number of hydrogen-bond acceptors (Lipinski definition) is 6. The molecule has 1 aromatic rings. The molecule has 0 atom stereocenters. The van der Waals surface area contributed by atoms with E-state index >= 15 is 0 Å². The fourth-order valence-electron chi connectivity index (χ4n) is 2.43. The Morgan fingerprint density at radius 1 is 1.16 bits per heavy atom. The van der Waals surface area contributed by atoms with Crippen LogP contribution in [0.15, 0.2) is 18.2 Å². The van der Waals surface area contributed by atoms with Crippen LogP contribution in [-0.2, 0) is 14.8 Å². The lowest BCUT2D eigenvalue weighted by atomic mass is 10.2. The highest BCUT2D eigenvalue weighted by molar-refractivity contribution is 7.88. The van der Waals surface area contributed by atoms with Crippen LogP contribution in [0.4, 0.5) is 5.69 Å². The van der Waals surface area contributed by atoms with Gasteiger partial charge in [-0.15, -0.1) is 0 Å². The summed E-state index contributed by atoms with van der Waals surface area (Å²) in [5.41, 5.74) is 0.591. The van der Waals surface area contributed by atoms with Gasteiger partial charge in [0.25, 0.3) is 0 Å². The summed E-state index contributed by atoms with van der Waals surface area (Å²) in [5.74, 6) is 0.974. The molecule has 2 rings (SSSR count). The van der Waals surface area contributed by atoms with Crippen molar-refractivity contribution in [2.75, 3.05) is 52.1 Å². The van der Waals surface area contributed by atoms with Gasteiger partial charge in [0.15, 0.2) is 11.5 Å². The number of amides is 1. The molecule has 0 saturated carbocycles. The Bertz CT molecular complexity index is 706. The minimum atomic E-state index is -3.34. The average Bonchev–Trinajstić information content (AvgIpc) is 2.96. The zero-order valence-electron chi connectivity index (χ0n) is 14.8. The summed E-state index contributed by atoms with van der Waals surface area (Å²) >= 11 is 0. The Labute approximate surface area is 148 Å². The molecule has 0 bridgehead atoms. The highest BCUT2D eigenvalue weighted by Gasteiger charge is 2.18. The Balaban J connectivity index is 1.85. The lowest BCUT2D eigenvalue weighted by molar-refractivity contribution is -0.116. The molecule has 1 amide bonds. The van der Waals surface area contributed by atoms with E-state index in [-0.39, 0.29) is 25.7 Å². The first kappa shape index (κ1) is 19.5. The van der Waals surface area contributed by atoms with Crippen LogP contribution in [0.5, 0.6) is 11.5 Å². The summed E-state index contributed by atoms with van der Waals surface area (Å²) in [7, 11) is 0.527. The number of ether oxygens (including phenoxy) is 2. The zero-order chi connectivity index (χ0) is 18.4. The molecular weight excluding hydrogens is 346 g/mol. The van der Waals surface area contributed by atoms with Crippen LogP contribution in [0, 0.1) is 0 Å². The Morgan fingerprint density at radius 3 is 2.56 bits per heavy atom. The maximum absolute atomic E-state index is 12.1. The van der Waals surface area contributed by atoms with Crippen molar-refractivity contribution in [3.63, 3.8) is 0 Å². The molecule has 0 unspecified atom stereocenters. The van der Waals surface area contributed by atoms with E-state index in [1.807, 2.05) is 19.0 Å². The van der Waals surface area contributed by atoms with E-state index < -0.39 is 10.0 Å². The average molecular weight is 371 g/mol. The number of nitrogens with one attached hydrogen (secondary N) is 1. The summed E-state index contributed by atoms with van der Waals surface area (Å²) in [4.78, 5) is 14.1. The van der Waals surface area contributed by atoms with Crippen LogP contribution in [0.1, 0.15) is 12.8 Å². The van der Waals surface area contributed by atoms with Gasteiger partial charge in [0.05, 0.1) is 6.26 Å². The molecule has 140 valence electrons. The van der Waals surface area contributed by atoms with E-state index in [4.69, 9.17) is 9.47 Å². The van der Waals surface area contributed by atoms with Gasteiger partial charge >= 0.3 is 0 Å². The highest BCUT2D eigenvalue weighted by Crippen LogP contribution is 2.34. The lowest BCUT2D eigenvalue weighted by Gasteiger charge is -2.20. The zero-order valence-corrected chi connectivity index (χ0v) is 15.6. The molecule has 25 heavy (non-hydrogen) atoms. The predicted octanol–water partition coefficient (Wildman–Crippen LogP) is 0.957. The van der Waals surface area contributed by atoms with Gasteiger partial charge < -0.3 is 19.7 Å². The SMILES string of the molecule is CN(C)CCCN(CCC(=O)Nc1ccc2c(c1)OCO2)S(C)(=O)=O. The summed E-state index contributed by atoms with van der Waals surface area (Å²) in [6.45, 7) is 1.51. The molecule has 1 N–H and O–H groups in total. The van der Waals surface area contributed by atoms with Crippen molar-refractivity contribution < 1.29 is 22.7 Å². The number of hydrogen-bond donors (Lipinski definition) is 1. The monoisotopic (exact) mass is 371 g/mol. The number of anilines is 1. The van der Waals surface area contributed by atoms with E-state index in [0.717, 1.165) is 6.54 Å². The van der Waals surface area contributed by atoms with E-state index in [0.29, 0.717) is 30.2 Å². The molecule has 1 aliphatic rings. The third-order valence-corrected chi connectivity index (χ3v) is 5.03. The fraction of sp³-hybridized carbons (Fsp3) is 0.562. The molecular formula is C16H25N3O5S. The molecule has 9 heteroatoms. The molecule has 0 aliphatic carbocycles. The maximum Gasteiger partial charge on any atom is 0.231 e. The highest BCUT2D eigenvalue weighted by atomic mass is 32.2. The van der Waals surface area contributed by atoms with Crippen molar-refractivity contribution in [2.24, 2.45) is 0 Å². The normalized spacial score (nSPS) is 13.5. The second kappa shape index (κ2) is 8.50. The van der Waals surface area contributed by atoms with Crippen molar-refractivity contribution in [3.05, 3.63) is 18.2 Å².